The Balaban J connectivity index is 1.95. The van der Waals surface area contributed by atoms with Crippen LogP contribution in [0.3, 0.4) is 0 Å². The molecule has 1 aliphatic carbocycles. The van der Waals surface area contributed by atoms with Gasteiger partial charge in [0.05, 0.1) is 17.9 Å². The Morgan fingerprint density at radius 2 is 2.37 bits per heavy atom. The molecule has 0 spiro atoms. The van der Waals surface area contributed by atoms with Crippen molar-refractivity contribution in [3.05, 3.63) is 18.0 Å². The van der Waals surface area contributed by atoms with Crippen molar-refractivity contribution >= 4 is 0 Å². The van der Waals surface area contributed by atoms with E-state index >= 15 is 0 Å². The van der Waals surface area contributed by atoms with Crippen molar-refractivity contribution in [1.29, 1.82) is 0 Å². The molecule has 1 saturated carbocycles. The average molecular weight is 265 g/mol. The third-order valence-electron chi connectivity index (χ3n) is 4.14. The third-order valence-corrected chi connectivity index (χ3v) is 4.14. The molecule has 19 heavy (non-hydrogen) atoms. The Labute approximate surface area is 116 Å². The van der Waals surface area contributed by atoms with Gasteiger partial charge >= 0.3 is 0 Å². The monoisotopic (exact) mass is 265 g/mol. The molecule has 1 aromatic rings. The molecule has 0 aliphatic heterocycles. The minimum atomic E-state index is -0.126. The first-order chi connectivity index (χ1) is 9.04. The highest BCUT2D eigenvalue weighted by atomic mass is 16.5. The molecule has 4 nitrogen and oxygen atoms in total. The van der Waals surface area contributed by atoms with E-state index in [2.05, 4.69) is 25.9 Å². The molecule has 1 heterocycles. The number of hydrogen-bond acceptors (Lipinski definition) is 3. The van der Waals surface area contributed by atoms with Crippen LogP contribution in [0.5, 0.6) is 0 Å². The molecule has 2 unspecified atom stereocenters. The van der Waals surface area contributed by atoms with E-state index in [1.165, 1.54) is 12.8 Å². The highest BCUT2D eigenvalue weighted by molar-refractivity contribution is 4.99. The van der Waals surface area contributed by atoms with Crippen LogP contribution in [0.1, 0.15) is 58.2 Å². The summed E-state index contributed by atoms with van der Waals surface area (Å²) in [6.45, 7) is 7.73. The van der Waals surface area contributed by atoms with Crippen LogP contribution >= 0.6 is 0 Å². The lowest BCUT2D eigenvalue weighted by Gasteiger charge is -2.39. The van der Waals surface area contributed by atoms with Crippen LogP contribution in [0.25, 0.3) is 0 Å². The Hall–Kier alpha value is -0.870. The van der Waals surface area contributed by atoms with Gasteiger partial charge in [0.25, 0.3) is 0 Å². The first-order valence-electron chi connectivity index (χ1n) is 7.43. The number of aromatic nitrogens is 2. The Morgan fingerprint density at radius 3 is 2.95 bits per heavy atom. The smallest absolute Gasteiger partial charge is 0.0914 e. The van der Waals surface area contributed by atoms with E-state index in [0.717, 1.165) is 18.5 Å². The summed E-state index contributed by atoms with van der Waals surface area (Å²) >= 11 is 0. The summed E-state index contributed by atoms with van der Waals surface area (Å²) in [6.07, 6.45) is 6.70. The molecule has 1 aromatic heterocycles. The van der Waals surface area contributed by atoms with Gasteiger partial charge in [-0.05, 0) is 38.7 Å². The summed E-state index contributed by atoms with van der Waals surface area (Å²) in [4.78, 5) is 0. The van der Waals surface area contributed by atoms with Gasteiger partial charge in [0, 0.05) is 18.8 Å². The van der Waals surface area contributed by atoms with Crippen molar-refractivity contribution in [1.82, 2.24) is 9.78 Å². The van der Waals surface area contributed by atoms with Crippen LogP contribution in [0.15, 0.2) is 12.3 Å². The van der Waals surface area contributed by atoms with Gasteiger partial charge in [0.15, 0.2) is 0 Å². The minimum Gasteiger partial charge on any atom is -0.367 e. The van der Waals surface area contributed by atoms with Crippen LogP contribution in [-0.2, 0) is 11.3 Å². The topological polar surface area (TPSA) is 53.1 Å². The first kappa shape index (κ1) is 14.5. The normalized spacial score (nSPS) is 27.9. The molecule has 108 valence electrons. The van der Waals surface area contributed by atoms with Gasteiger partial charge in [-0.2, -0.15) is 5.10 Å². The van der Waals surface area contributed by atoms with E-state index in [1.807, 2.05) is 16.9 Å². The lowest BCUT2D eigenvalue weighted by atomic mass is 9.79. The molecule has 0 bridgehead atoms. The van der Waals surface area contributed by atoms with Crippen molar-refractivity contribution in [3.63, 3.8) is 0 Å². The van der Waals surface area contributed by atoms with Crippen molar-refractivity contribution < 1.29 is 4.74 Å². The highest BCUT2D eigenvalue weighted by Crippen LogP contribution is 2.35. The van der Waals surface area contributed by atoms with Crippen molar-refractivity contribution in [2.75, 3.05) is 6.54 Å². The predicted octanol–water partition coefficient (Wildman–Crippen LogP) is 2.89. The minimum absolute atomic E-state index is 0.126. The van der Waals surface area contributed by atoms with E-state index in [-0.39, 0.29) is 5.60 Å². The van der Waals surface area contributed by atoms with Crippen LogP contribution < -0.4 is 5.73 Å². The molecule has 2 atom stereocenters. The quantitative estimate of drug-likeness (QED) is 0.890. The van der Waals surface area contributed by atoms with Gasteiger partial charge in [-0.15, -0.1) is 0 Å². The largest absolute Gasteiger partial charge is 0.367 e. The predicted molar refractivity (Wildman–Crippen MR) is 76.8 cm³/mol. The van der Waals surface area contributed by atoms with Crippen LogP contribution in [0.2, 0.25) is 0 Å². The fraction of sp³-hybridized carbons (Fsp3) is 0.800. The Kier molecular flexibility index (Phi) is 4.63. The van der Waals surface area contributed by atoms with E-state index in [1.54, 1.807) is 0 Å². The SMILES string of the molecule is CC1CCCC(CN)(OCc2ccn(C(C)C)n2)C1. The molecule has 0 saturated heterocycles. The van der Waals surface area contributed by atoms with Gasteiger partial charge in [-0.25, -0.2) is 0 Å². The van der Waals surface area contributed by atoms with Gasteiger partial charge in [0.1, 0.15) is 0 Å². The summed E-state index contributed by atoms with van der Waals surface area (Å²) in [5.74, 6) is 0.713. The summed E-state index contributed by atoms with van der Waals surface area (Å²) in [7, 11) is 0. The second-order valence-corrected chi connectivity index (χ2v) is 6.26. The molecule has 4 heteroatoms. The Morgan fingerprint density at radius 1 is 1.58 bits per heavy atom. The number of hydrogen-bond donors (Lipinski definition) is 1. The fourth-order valence-electron chi connectivity index (χ4n) is 2.96. The molecule has 2 rings (SSSR count). The zero-order valence-corrected chi connectivity index (χ0v) is 12.4. The van der Waals surface area contributed by atoms with Crippen LogP contribution in [-0.4, -0.2) is 21.9 Å². The summed E-state index contributed by atoms with van der Waals surface area (Å²) in [6, 6.07) is 2.43. The molecular weight excluding hydrogens is 238 g/mol. The second kappa shape index (κ2) is 6.06. The van der Waals surface area contributed by atoms with E-state index in [9.17, 15) is 0 Å². The molecule has 0 aromatic carbocycles. The molecule has 2 N–H and O–H groups in total. The van der Waals surface area contributed by atoms with Gasteiger partial charge in [0.2, 0.25) is 0 Å². The number of rotatable bonds is 5. The average Bonchev–Trinajstić information content (AvgIpc) is 2.85. The molecule has 0 radical (unpaired) electrons. The van der Waals surface area contributed by atoms with Gasteiger partial charge in [-0.1, -0.05) is 19.8 Å². The maximum absolute atomic E-state index is 6.17. The Bertz CT molecular complexity index is 402. The second-order valence-electron chi connectivity index (χ2n) is 6.26. The van der Waals surface area contributed by atoms with Gasteiger partial charge in [-0.3, -0.25) is 4.68 Å². The summed E-state index contributed by atoms with van der Waals surface area (Å²) in [5, 5.41) is 4.53. The number of nitrogens with two attached hydrogens (primary N) is 1. The fourth-order valence-corrected chi connectivity index (χ4v) is 2.96. The lowest BCUT2D eigenvalue weighted by Crippen LogP contribution is -2.44. The van der Waals surface area contributed by atoms with Crippen LogP contribution in [0, 0.1) is 5.92 Å². The third kappa shape index (κ3) is 3.57. The zero-order chi connectivity index (χ0) is 13.9. The molecule has 1 fully saturated rings. The molecule has 0 amide bonds. The van der Waals surface area contributed by atoms with Gasteiger partial charge < -0.3 is 10.5 Å². The number of nitrogens with zero attached hydrogens (tertiary/aromatic N) is 2. The summed E-state index contributed by atoms with van der Waals surface area (Å²) in [5.41, 5.74) is 6.84. The van der Waals surface area contributed by atoms with E-state index in [4.69, 9.17) is 10.5 Å². The van der Waals surface area contributed by atoms with Crippen molar-refractivity contribution in [3.8, 4) is 0 Å². The first-order valence-corrected chi connectivity index (χ1v) is 7.43. The van der Waals surface area contributed by atoms with E-state index in [0.29, 0.717) is 25.1 Å². The van der Waals surface area contributed by atoms with Crippen LogP contribution in [0.4, 0.5) is 0 Å². The maximum atomic E-state index is 6.17. The van der Waals surface area contributed by atoms with Crippen molar-refractivity contribution in [2.45, 2.75) is 64.7 Å². The van der Waals surface area contributed by atoms with E-state index < -0.39 is 0 Å². The highest BCUT2D eigenvalue weighted by Gasteiger charge is 2.34. The lowest BCUT2D eigenvalue weighted by molar-refractivity contribution is -0.0851. The zero-order valence-electron chi connectivity index (χ0n) is 12.4. The molecular formula is C15H27N3O. The molecule has 1 aliphatic rings. The maximum Gasteiger partial charge on any atom is 0.0914 e. The standard InChI is InChI=1S/C15H27N3O/c1-12(2)18-8-6-14(17-18)10-19-15(11-16)7-4-5-13(3)9-15/h6,8,12-13H,4-5,7,9-11,16H2,1-3H3. The summed E-state index contributed by atoms with van der Waals surface area (Å²) < 4.78 is 8.14. The number of ether oxygens (including phenoxy) is 1. The van der Waals surface area contributed by atoms with Crippen molar-refractivity contribution in [2.24, 2.45) is 11.7 Å².